The number of furan rings is 1. The largest absolute Gasteiger partial charge is 0.464 e. The van der Waals surface area contributed by atoms with Gasteiger partial charge in [0.15, 0.2) is 0 Å². The first-order valence-corrected chi connectivity index (χ1v) is 5.43. The van der Waals surface area contributed by atoms with Gasteiger partial charge in [0.25, 0.3) is 0 Å². The summed E-state index contributed by atoms with van der Waals surface area (Å²) < 4.78 is 5.64. The van der Waals surface area contributed by atoms with Gasteiger partial charge in [0.05, 0.1) is 6.26 Å². The molecule has 0 bridgehead atoms. The van der Waals surface area contributed by atoms with Crippen molar-refractivity contribution in [2.24, 2.45) is 5.73 Å². The minimum Gasteiger partial charge on any atom is -0.464 e. The van der Waals surface area contributed by atoms with Crippen LogP contribution in [-0.2, 0) is 6.42 Å². The number of nitrogens with two attached hydrogens (primary N) is 1. The molecule has 0 amide bonds. The third kappa shape index (κ3) is 1.77. The number of hydrogen-bond acceptors (Lipinski definition) is 2. The van der Waals surface area contributed by atoms with Gasteiger partial charge >= 0.3 is 0 Å². The Kier molecular flexibility index (Phi) is 2.78. The lowest BCUT2D eigenvalue weighted by molar-refractivity contribution is 0.602. The summed E-state index contributed by atoms with van der Waals surface area (Å²) in [6.07, 6.45) is 2.72. The van der Waals surface area contributed by atoms with Gasteiger partial charge in [-0.3, -0.25) is 0 Å². The maximum atomic E-state index is 5.64. The Hall–Kier alpha value is -1.28. The predicted molar refractivity (Wildman–Crippen MR) is 63.1 cm³/mol. The molecule has 2 N–H and O–H groups in total. The molecule has 2 nitrogen and oxygen atoms in total. The molecular weight excluding hydrogens is 186 g/mol. The predicted octanol–water partition coefficient (Wildman–Crippen LogP) is 3.06. The molecule has 1 aromatic heterocycles. The lowest BCUT2D eigenvalue weighted by Crippen LogP contribution is -2.01. The molecule has 2 heteroatoms. The van der Waals surface area contributed by atoms with E-state index in [1.54, 1.807) is 0 Å². The van der Waals surface area contributed by atoms with Crippen molar-refractivity contribution >= 4 is 11.0 Å². The van der Waals surface area contributed by atoms with E-state index < -0.39 is 0 Å². The van der Waals surface area contributed by atoms with Gasteiger partial charge in [0, 0.05) is 5.39 Å². The summed E-state index contributed by atoms with van der Waals surface area (Å²) in [5.74, 6) is 0.491. The molecule has 0 radical (unpaired) electrons. The summed E-state index contributed by atoms with van der Waals surface area (Å²) in [7, 11) is 0. The summed E-state index contributed by atoms with van der Waals surface area (Å²) in [6, 6.07) is 6.33. The molecule has 0 fully saturated rings. The van der Waals surface area contributed by atoms with E-state index in [1.165, 1.54) is 16.5 Å². The number of para-hydroxylation sites is 1. The zero-order chi connectivity index (χ0) is 10.8. The lowest BCUT2D eigenvalue weighted by Gasteiger charge is -2.05. The Morgan fingerprint density at radius 3 is 2.80 bits per heavy atom. The Bertz CT molecular complexity index is 457. The topological polar surface area (TPSA) is 39.2 Å². The average Bonchev–Trinajstić information content (AvgIpc) is 2.62. The minimum absolute atomic E-state index is 0.491. The van der Waals surface area contributed by atoms with E-state index in [2.05, 4.69) is 32.0 Å². The molecule has 0 aliphatic heterocycles. The van der Waals surface area contributed by atoms with Crippen molar-refractivity contribution in [1.29, 1.82) is 0 Å². The first kappa shape index (κ1) is 10.2. The number of fused-ring (bicyclic) bond motifs is 1. The summed E-state index contributed by atoms with van der Waals surface area (Å²) >= 11 is 0. The molecule has 1 heterocycles. The van der Waals surface area contributed by atoms with Gasteiger partial charge < -0.3 is 10.2 Å². The van der Waals surface area contributed by atoms with Crippen molar-refractivity contribution in [2.75, 3.05) is 6.54 Å². The summed E-state index contributed by atoms with van der Waals surface area (Å²) in [4.78, 5) is 0. The summed E-state index contributed by atoms with van der Waals surface area (Å²) in [6.45, 7) is 5.03. The summed E-state index contributed by atoms with van der Waals surface area (Å²) in [5, 5.41) is 1.21. The second-order valence-corrected chi connectivity index (χ2v) is 4.18. The van der Waals surface area contributed by atoms with Gasteiger partial charge in [-0.15, -0.1) is 0 Å². The molecule has 0 spiro atoms. The van der Waals surface area contributed by atoms with Gasteiger partial charge in [-0.05, 0) is 30.0 Å². The van der Waals surface area contributed by atoms with Crippen LogP contribution >= 0.6 is 0 Å². The van der Waals surface area contributed by atoms with Crippen molar-refractivity contribution in [2.45, 2.75) is 26.2 Å². The highest BCUT2D eigenvalue weighted by atomic mass is 16.3. The first-order valence-electron chi connectivity index (χ1n) is 5.43. The van der Waals surface area contributed by atoms with Crippen molar-refractivity contribution in [3.05, 3.63) is 35.6 Å². The molecule has 1 aromatic carbocycles. The van der Waals surface area contributed by atoms with E-state index >= 15 is 0 Å². The van der Waals surface area contributed by atoms with Crippen molar-refractivity contribution in [3.8, 4) is 0 Å². The van der Waals surface area contributed by atoms with Crippen molar-refractivity contribution in [3.63, 3.8) is 0 Å². The minimum atomic E-state index is 0.491. The molecule has 2 aromatic rings. The van der Waals surface area contributed by atoms with Crippen LogP contribution in [0.25, 0.3) is 11.0 Å². The molecule has 0 aliphatic rings. The fraction of sp³-hybridized carbons (Fsp3) is 0.385. The molecular formula is C13H17NO. The molecule has 0 saturated heterocycles. The van der Waals surface area contributed by atoms with Gasteiger partial charge in [-0.1, -0.05) is 32.0 Å². The van der Waals surface area contributed by atoms with E-state index in [-0.39, 0.29) is 0 Å². The van der Waals surface area contributed by atoms with Gasteiger partial charge in [0.1, 0.15) is 5.58 Å². The van der Waals surface area contributed by atoms with E-state index in [0.717, 1.165) is 12.0 Å². The Labute approximate surface area is 90.1 Å². The van der Waals surface area contributed by atoms with Crippen LogP contribution in [0.1, 0.15) is 30.9 Å². The van der Waals surface area contributed by atoms with Crippen molar-refractivity contribution in [1.82, 2.24) is 0 Å². The fourth-order valence-corrected chi connectivity index (χ4v) is 1.94. The monoisotopic (exact) mass is 203 g/mol. The molecule has 0 saturated carbocycles. The normalized spacial score (nSPS) is 11.5. The maximum Gasteiger partial charge on any atom is 0.137 e. The zero-order valence-electron chi connectivity index (χ0n) is 9.29. The highest BCUT2D eigenvalue weighted by Gasteiger charge is 2.10. The standard InChI is InChI=1S/C13H17NO/c1-9(2)11-4-3-5-12-10(6-7-14)8-15-13(11)12/h3-5,8-9H,6-7,14H2,1-2H3. The zero-order valence-corrected chi connectivity index (χ0v) is 9.29. The van der Waals surface area contributed by atoms with E-state index in [1.807, 2.05) is 6.26 Å². The SMILES string of the molecule is CC(C)c1cccc2c(CCN)coc12. The fourth-order valence-electron chi connectivity index (χ4n) is 1.94. The van der Waals surface area contributed by atoms with Gasteiger partial charge in [0.2, 0.25) is 0 Å². The van der Waals surface area contributed by atoms with E-state index in [4.69, 9.17) is 10.2 Å². The van der Waals surface area contributed by atoms with Crippen LogP contribution in [0.4, 0.5) is 0 Å². The van der Waals surface area contributed by atoms with Crippen LogP contribution in [0.2, 0.25) is 0 Å². The maximum absolute atomic E-state index is 5.64. The van der Waals surface area contributed by atoms with Gasteiger partial charge in [-0.2, -0.15) is 0 Å². The van der Waals surface area contributed by atoms with Crippen LogP contribution in [0.15, 0.2) is 28.9 Å². The second kappa shape index (κ2) is 4.07. The number of hydrogen-bond donors (Lipinski definition) is 1. The van der Waals surface area contributed by atoms with Crippen LogP contribution in [-0.4, -0.2) is 6.54 Å². The van der Waals surface area contributed by atoms with Crippen LogP contribution < -0.4 is 5.73 Å². The van der Waals surface area contributed by atoms with Crippen molar-refractivity contribution < 1.29 is 4.42 Å². The third-order valence-electron chi connectivity index (χ3n) is 2.75. The Morgan fingerprint density at radius 2 is 2.13 bits per heavy atom. The van der Waals surface area contributed by atoms with Gasteiger partial charge in [-0.25, -0.2) is 0 Å². The quantitative estimate of drug-likeness (QED) is 0.832. The third-order valence-corrected chi connectivity index (χ3v) is 2.75. The molecule has 0 unspecified atom stereocenters. The van der Waals surface area contributed by atoms with E-state index in [0.29, 0.717) is 12.5 Å². The average molecular weight is 203 g/mol. The Morgan fingerprint density at radius 1 is 1.33 bits per heavy atom. The van der Waals surface area contributed by atoms with Crippen LogP contribution in [0.3, 0.4) is 0 Å². The second-order valence-electron chi connectivity index (χ2n) is 4.18. The highest BCUT2D eigenvalue weighted by Crippen LogP contribution is 2.29. The molecule has 80 valence electrons. The van der Waals surface area contributed by atoms with Crippen LogP contribution in [0.5, 0.6) is 0 Å². The number of benzene rings is 1. The molecule has 0 aliphatic carbocycles. The molecule has 2 rings (SSSR count). The number of rotatable bonds is 3. The van der Waals surface area contributed by atoms with Crippen LogP contribution in [0, 0.1) is 0 Å². The van der Waals surface area contributed by atoms with E-state index in [9.17, 15) is 0 Å². The summed E-state index contributed by atoms with van der Waals surface area (Å²) in [5.41, 5.74) is 9.08. The first-order chi connectivity index (χ1) is 7.24. The Balaban J connectivity index is 2.58. The lowest BCUT2D eigenvalue weighted by atomic mass is 9.99. The highest BCUT2D eigenvalue weighted by molar-refractivity contribution is 5.84. The molecule has 0 atom stereocenters. The molecule has 15 heavy (non-hydrogen) atoms. The smallest absolute Gasteiger partial charge is 0.137 e.